The van der Waals surface area contributed by atoms with Gasteiger partial charge in [0.25, 0.3) is 11.7 Å². The number of aliphatic hydroxyl groups is 1. The predicted octanol–water partition coefficient (Wildman–Crippen LogP) is 3.97. The summed E-state index contributed by atoms with van der Waals surface area (Å²) in [4.78, 5) is 43.8. The molecular weight excluding hydrogens is 474 g/mol. The van der Waals surface area contributed by atoms with Crippen LogP contribution in [0.2, 0.25) is 0 Å². The number of carbonyl (C=O) groups excluding carboxylic acids is 3. The summed E-state index contributed by atoms with van der Waals surface area (Å²) in [6.45, 7) is 3.39. The monoisotopic (exact) mass is 503 g/mol. The van der Waals surface area contributed by atoms with Gasteiger partial charge in [0.05, 0.1) is 37.2 Å². The molecule has 0 spiro atoms. The Bertz CT molecular complexity index is 1300. The van der Waals surface area contributed by atoms with Crippen molar-refractivity contribution in [1.82, 2.24) is 14.5 Å². The molecule has 1 atom stereocenters. The van der Waals surface area contributed by atoms with E-state index in [9.17, 15) is 19.5 Å². The summed E-state index contributed by atoms with van der Waals surface area (Å²) in [5, 5.41) is 11.3. The summed E-state index contributed by atoms with van der Waals surface area (Å²) in [5.74, 6) is -1.67. The van der Waals surface area contributed by atoms with Crippen molar-refractivity contribution in [2.75, 3.05) is 20.3 Å². The third kappa shape index (κ3) is 5.55. The molecule has 1 fully saturated rings. The van der Waals surface area contributed by atoms with E-state index in [1.54, 1.807) is 61.1 Å². The van der Waals surface area contributed by atoms with Crippen LogP contribution in [0.1, 0.15) is 47.3 Å². The van der Waals surface area contributed by atoms with Gasteiger partial charge in [-0.1, -0.05) is 31.2 Å². The number of Topliss-reactive ketones (excluding diaryl/α,β-unsaturated/α-hetero) is 1. The Morgan fingerprint density at radius 1 is 1.08 bits per heavy atom. The Kier molecular flexibility index (Phi) is 8.02. The van der Waals surface area contributed by atoms with E-state index in [1.807, 2.05) is 17.7 Å². The number of aryl methyl sites for hydroxylation is 1. The fourth-order valence-corrected chi connectivity index (χ4v) is 4.33. The van der Waals surface area contributed by atoms with Crippen molar-refractivity contribution in [2.45, 2.75) is 32.4 Å². The van der Waals surface area contributed by atoms with E-state index >= 15 is 0 Å². The quantitative estimate of drug-likeness (QED) is 0.193. The molecule has 0 saturated carbocycles. The molecule has 3 aromatic rings. The molecule has 1 unspecified atom stereocenters. The zero-order valence-electron chi connectivity index (χ0n) is 20.8. The molecule has 4 rings (SSSR count). The highest BCUT2D eigenvalue weighted by molar-refractivity contribution is 6.46. The molecule has 1 aliphatic rings. The molecule has 0 aliphatic carbocycles. The lowest BCUT2D eigenvalue weighted by atomic mass is 9.94. The van der Waals surface area contributed by atoms with Gasteiger partial charge in [0.1, 0.15) is 11.5 Å². The van der Waals surface area contributed by atoms with Gasteiger partial charge in [-0.05, 0) is 42.7 Å². The second-order valence-electron chi connectivity index (χ2n) is 8.64. The molecule has 0 radical (unpaired) electrons. The Balaban J connectivity index is 1.73. The average molecular weight is 504 g/mol. The Hall–Kier alpha value is -4.40. The lowest BCUT2D eigenvalue weighted by Crippen LogP contribution is -2.31. The van der Waals surface area contributed by atoms with Crippen molar-refractivity contribution in [3.8, 4) is 5.75 Å². The van der Waals surface area contributed by atoms with Gasteiger partial charge < -0.3 is 24.0 Å². The molecule has 9 heteroatoms. The van der Waals surface area contributed by atoms with E-state index < -0.39 is 23.7 Å². The molecule has 1 amide bonds. The third-order valence-electron chi connectivity index (χ3n) is 6.14. The molecule has 1 aromatic heterocycles. The molecule has 0 bridgehead atoms. The summed E-state index contributed by atoms with van der Waals surface area (Å²) in [6, 6.07) is 12.5. The van der Waals surface area contributed by atoms with E-state index in [0.29, 0.717) is 42.0 Å². The van der Waals surface area contributed by atoms with Gasteiger partial charge in [-0.2, -0.15) is 0 Å². The number of methoxy groups -OCH3 is 1. The van der Waals surface area contributed by atoms with Gasteiger partial charge in [0.2, 0.25) is 0 Å². The fourth-order valence-electron chi connectivity index (χ4n) is 4.33. The Labute approximate surface area is 214 Å². The molecule has 37 heavy (non-hydrogen) atoms. The number of benzene rings is 2. The molecule has 1 N–H and O–H groups in total. The highest BCUT2D eigenvalue weighted by atomic mass is 16.5. The number of carbonyl (C=O) groups is 3. The van der Waals surface area contributed by atoms with Crippen LogP contribution in [0.3, 0.4) is 0 Å². The van der Waals surface area contributed by atoms with Gasteiger partial charge in [-0.25, -0.2) is 9.78 Å². The van der Waals surface area contributed by atoms with Crippen molar-refractivity contribution >= 4 is 23.4 Å². The maximum Gasteiger partial charge on any atom is 0.337 e. The van der Waals surface area contributed by atoms with Crippen molar-refractivity contribution in [3.05, 3.63) is 89.5 Å². The van der Waals surface area contributed by atoms with Crippen molar-refractivity contribution in [1.29, 1.82) is 0 Å². The summed E-state index contributed by atoms with van der Waals surface area (Å²) < 4.78 is 12.3. The summed E-state index contributed by atoms with van der Waals surface area (Å²) in [7, 11) is 1.30. The molecule has 1 saturated heterocycles. The standard InChI is InChI=1S/C28H29N3O6/c1-3-16-37-22-7-4-6-21(17-22)25(32)23-24(19-8-10-20(11-9-19)28(35)36-2)31(27(34)26(23)33)14-5-13-30-15-12-29-18-30/h4,6-12,15,17-18,24,32H,3,5,13-14,16H2,1-2H3. The number of hydrogen-bond donors (Lipinski definition) is 1. The van der Waals surface area contributed by atoms with Crippen LogP contribution in [0.4, 0.5) is 0 Å². The number of aromatic nitrogens is 2. The van der Waals surface area contributed by atoms with Gasteiger partial charge >= 0.3 is 5.97 Å². The minimum Gasteiger partial charge on any atom is -0.507 e. The van der Waals surface area contributed by atoms with E-state index in [1.165, 1.54) is 12.0 Å². The first-order valence-corrected chi connectivity index (χ1v) is 12.1. The summed E-state index contributed by atoms with van der Waals surface area (Å²) in [5.41, 5.74) is 1.30. The van der Waals surface area contributed by atoms with Crippen molar-refractivity contribution < 1.29 is 29.0 Å². The highest BCUT2D eigenvalue weighted by Crippen LogP contribution is 2.40. The van der Waals surface area contributed by atoms with Crippen LogP contribution in [-0.4, -0.2) is 57.5 Å². The normalized spacial score (nSPS) is 16.7. The van der Waals surface area contributed by atoms with Crippen molar-refractivity contribution in [2.24, 2.45) is 0 Å². The fraction of sp³-hybridized carbons (Fsp3) is 0.286. The topological polar surface area (TPSA) is 111 Å². The molecule has 192 valence electrons. The zero-order valence-corrected chi connectivity index (χ0v) is 20.8. The first-order valence-electron chi connectivity index (χ1n) is 12.1. The molecule has 2 heterocycles. The number of likely N-dealkylation sites (tertiary alicyclic amines) is 1. The van der Waals surface area contributed by atoms with Gasteiger partial charge in [-0.3, -0.25) is 9.59 Å². The largest absolute Gasteiger partial charge is 0.507 e. The Morgan fingerprint density at radius 3 is 2.54 bits per heavy atom. The van der Waals surface area contributed by atoms with E-state index in [0.717, 1.165) is 6.42 Å². The van der Waals surface area contributed by atoms with Crippen molar-refractivity contribution in [3.63, 3.8) is 0 Å². The minimum absolute atomic E-state index is 0.00825. The average Bonchev–Trinajstić information content (AvgIpc) is 3.53. The van der Waals surface area contributed by atoms with Gasteiger partial charge in [-0.15, -0.1) is 0 Å². The Morgan fingerprint density at radius 2 is 1.86 bits per heavy atom. The number of aliphatic hydroxyl groups excluding tert-OH is 1. The van der Waals surface area contributed by atoms with Gasteiger partial charge in [0.15, 0.2) is 0 Å². The minimum atomic E-state index is -0.824. The van der Waals surface area contributed by atoms with Gasteiger partial charge in [0, 0.05) is 31.0 Å². The van der Waals surface area contributed by atoms with E-state index in [-0.39, 0.29) is 17.9 Å². The zero-order chi connectivity index (χ0) is 26.4. The number of esters is 1. The lowest BCUT2D eigenvalue weighted by Gasteiger charge is -2.25. The second kappa shape index (κ2) is 11.6. The number of amides is 1. The molecule has 2 aromatic carbocycles. The number of ether oxygens (including phenoxy) is 2. The first-order chi connectivity index (χ1) is 17.9. The predicted molar refractivity (Wildman–Crippen MR) is 136 cm³/mol. The smallest absolute Gasteiger partial charge is 0.337 e. The van der Waals surface area contributed by atoms with Crippen LogP contribution >= 0.6 is 0 Å². The number of hydrogen-bond acceptors (Lipinski definition) is 7. The molecular formula is C28H29N3O6. The summed E-state index contributed by atoms with van der Waals surface area (Å²) in [6.07, 6.45) is 6.57. The maximum atomic E-state index is 13.3. The second-order valence-corrected chi connectivity index (χ2v) is 8.64. The number of nitrogens with zero attached hydrogens (tertiary/aromatic N) is 3. The number of imidazole rings is 1. The number of rotatable bonds is 10. The van der Waals surface area contributed by atoms with E-state index in [4.69, 9.17) is 9.47 Å². The lowest BCUT2D eigenvalue weighted by molar-refractivity contribution is -0.139. The highest BCUT2D eigenvalue weighted by Gasteiger charge is 2.45. The maximum absolute atomic E-state index is 13.3. The summed E-state index contributed by atoms with van der Waals surface area (Å²) >= 11 is 0. The van der Waals surface area contributed by atoms with Crippen LogP contribution in [0, 0.1) is 0 Å². The van der Waals surface area contributed by atoms with Crippen LogP contribution in [0.15, 0.2) is 72.8 Å². The van der Waals surface area contributed by atoms with Crippen LogP contribution in [0.25, 0.3) is 5.76 Å². The van der Waals surface area contributed by atoms with Crippen LogP contribution in [-0.2, 0) is 20.9 Å². The number of ketones is 1. The van der Waals surface area contributed by atoms with E-state index in [2.05, 4.69) is 4.98 Å². The van der Waals surface area contributed by atoms with Crippen LogP contribution < -0.4 is 4.74 Å². The molecule has 1 aliphatic heterocycles. The first kappa shape index (κ1) is 25.7. The van der Waals surface area contributed by atoms with Crippen LogP contribution in [0.5, 0.6) is 5.75 Å². The third-order valence-corrected chi connectivity index (χ3v) is 6.14. The molecule has 9 nitrogen and oxygen atoms in total. The SMILES string of the molecule is CCCOc1cccc(C(O)=C2C(=O)C(=O)N(CCCn3ccnc3)C2c2ccc(C(=O)OC)cc2)c1.